The van der Waals surface area contributed by atoms with Crippen LogP contribution in [0, 0.1) is 0 Å². The van der Waals surface area contributed by atoms with E-state index in [0.717, 1.165) is 6.54 Å². The number of nitrogens with zero attached hydrogens (tertiary/aromatic N) is 2. The van der Waals surface area contributed by atoms with Gasteiger partial charge in [0.1, 0.15) is 5.82 Å². The highest BCUT2D eigenvalue weighted by atomic mass is 35.5. The number of H-pyrrole nitrogens is 1. The Morgan fingerprint density at radius 1 is 1.38 bits per heavy atom. The van der Waals surface area contributed by atoms with Crippen molar-refractivity contribution >= 4 is 22.5 Å². The van der Waals surface area contributed by atoms with Crippen LogP contribution >= 0.6 is 11.6 Å². The van der Waals surface area contributed by atoms with Crippen LogP contribution in [-0.2, 0) is 6.54 Å². The molecule has 2 N–H and O–H groups in total. The molecule has 0 aliphatic heterocycles. The molecular weight excluding hydrogens is 288 g/mol. The van der Waals surface area contributed by atoms with Crippen LogP contribution in [0.15, 0.2) is 23.0 Å². The monoisotopic (exact) mass is 308 g/mol. The minimum absolute atomic E-state index is 0.0282. The Kier molecular flexibility index (Phi) is 4.66. The quantitative estimate of drug-likeness (QED) is 0.887. The van der Waals surface area contributed by atoms with Crippen LogP contribution in [0.5, 0.6) is 0 Å². The van der Waals surface area contributed by atoms with Crippen molar-refractivity contribution in [2.75, 3.05) is 20.6 Å². The van der Waals surface area contributed by atoms with E-state index in [1.807, 2.05) is 14.1 Å². The molecule has 0 atom stereocenters. The van der Waals surface area contributed by atoms with Gasteiger partial charge in [-0.1, -0.05) is 11.6 Å². The lowest BCUT2D eigenvalue weighted by atomic mass is 10.0. The number of fused-ring (bicyclic) bond motifs is 1. The minimum atomic E-state index is -0.139. The Morgan fingerprint density at radius 2 is 2.10 bits per heavy atom. The summed E-state index contributed by atoms with van der Waals surface area (Å²) < 4.78 is 0. The molecular formula is C15H21ClN4O. The maximum absolute atomic E-state index is 12.0. The number of likely N-dealkylation sites (N-methyl/N-ethyl adjacent to an activating group) is 1. The summed E-state index contributed by atoms with van der Waals surface area (Å²) in [6.07, 6.45) is 0. The summed E-state index contributed by atoms with van der Waals surface area (Å²) >= 11 is 5.95. The molecule has 0 bridgehead atoms. The standard InChI is InChI=1S/C15H21ClN4O/c1-15(2,20(3)4)9-17-8-13-18-12-7-10(16)5-6-11(12)14(21)19-13/h5-7,17H,8-9H2,1-4H3,(H,18,19,21). The van der Waals surface area contributed by atoms with Crippen LogP contribution in [0.1, 0.15) is 19.7 Å². The number of halogens is 1. The highest BCUT2D eigenvalue weighted by Gasteiger charge is 2.19. The van der Waals surface area contributed by atoms with E-state index >= 15 is 0 Å². The fourth-order valence-electron chi connectivity index (χ4n) is 1.89. The molecule has 0 spiro atoms. The summed E-state index contributed by atoms with van der Waals surface area (Å²) in [5, 5.41) is 4.45. The number of hydrogen-bond donors (Lipinski definition) is 2. The van der Waals surface area contributed by atoms with Crippen LogP contribution in [0.2, 0.25) is 5.02 Å². The van der Waals surface area contributed by atoms with Gasteiger partial charge in [-0.3, -0.25) is 4.79 Å². The molecule has 5 nitrogen and oxygen atoms in total. The van der Waals surface area contributed by atoms with Gasteiger partial charge in [-0.05, 0) is 46.1 Å². The smallest absolute Gasteiger partial charge is 0.258 e. The third-order valence-corrected chi connectivity index (χ3v) is 4.01. The number of aromatic nitrogens is 2. The van der Waals surface area contributed by atoms with Crippen molar-refractivity contribution in [3.8, 4) is 0 Å². The van der Waals surface area contributed by atoms with Crippen molar-refractivity contribution in [1.29, 1.82) is 0 Å². The highest BCUT2D eigenvalue weighted by Crippen LogP contribution is 2.14. The van der Waals surface area contributed by atoms with Gasteiger partial charge < -0.3 is 15.2 Å². The molecule has 6 heteroatoms. The average molecular weight is 309 g/mol. The van der Waals surface area contributed by atoms with Crippen molar-refractivity contribution in [1.82, 2.24) is 20.2 Å². The van der Waals surface area contributed by atoms with E-state index in [2.05, 4.69) is 34.0 Å². The SMILES string of the molecule is CN(C)C(C)(C)CNCc1nc2cc(Cl)ccc2c(=O)[nH]1. The number of benzene rings is 1. The van der Waals surface area contributed by atoms with E-state index in [1.54, 1.807) is 18.2 Å². The lowest BCUT2D eigenvalue weighted by Crippen LogP contribution is -2.46. The van der Waals surface area contributed by atoms with Crippen LogP contribution in [0.3, 0.4) is 0 Å². The van der Waals surface area contributed by atoms with Crippen molar-refractivity contribution < 1.29 is 0 Å². The molecule has 0 saturated heterocycles. The third kappa shape index (κ3) is 3.81. The molecule has 0 aliphatic rings. The maximum atomic E-state index is 12.0. The number of aromatic amines is 1. The minimum Gasteiger partial charge on any atom is -0.309 e. The van der Waals surface area contributed by atoms with Crippen LogP contribution < -0.4 is 10.9 Å². The Bertz CT molecular complexity index is 694. The number of rotatable bonds is 5. The van der Waals surface area contributed by atoms with Gasteiger partial charge in [0, 0.05) is 17.1 Å². The molecule has 2 aromatic rings. The van der Waals surface area contributed by atoms with Gasteiger partial charge in [0.15, 0.2) is 0 Å². The van der Waals surface area contributed by atoms with E-state index in [4.69, 9.17) is 11.6 Å². The van der Waals surface area contributed by atoms with E-state index in [9.17, 15) is 4.79 Å². The van der Waals surface area contributed by atoms with E-state index in [-0.39, 0.29) is 11.1 Å². The zero-order chi connectivity index (χ0) is 15.6. The molecule has 1 heterocycles. The van der Waals surface area contributed by atoms with Gasteiger partial charge in [0.2, 0.25) is 0 Å². The zero-order valence-corrected chi connectivity index (χ0v) is 13.6. The molecule has 0 amide bonds. The molecule has 2 rings (SSSR count). The van der Waals surface area contributed by atoms with E-state index in [1.165, 1.54) is 0 Å². The molecule has 1 aromatic heterocycles. The van der Waals surface area contributed by atoms with Gasteiger partial charge in [-0.25, -0.2) is 4.98 Å². The lowest BCUT2D eigenvalue weighted by Gasteiger charge is -2.32. The second-order valence-corrected chi connectivity index (χ2v) is 6.42. The van der Waals surface area contributed by atoms with Crippen molar-refractivity contribution in [2.24, 2.45) is 0 Å². The van der Waals surface area contributed by atoms with E-state index in [0.29, 0.717) is 28.3 Å². The molecule has 0 radical (unpaired) electrons. The summed E-state index contributed by atoms with van der Waals surface area (Å²) in [7, 11) is 4.08. The predicted molar refractivity (Wildman–Crippen MR) is 86.8 cm³/mol. The highest BCUT2D eigenvalue weighted by molar-refractivity contribution is 6.31. The number of nitrogens with one attached hydrogen (secondary N) is 2. The summed E-state index contributed by atoms with van der Waals surface area (Å²) in [5.41, 5.74) is 0.510. The Labute approximate surface area is 129 Å². The molecule has 0 saturated carbocycles. The van der Waals surface area contributed by atoms with Crippen LogP contribution in [-0.4, -0.2) is 41.0 Å². The summed E-state index contributed by atoms with van der Waals surface area (Å²) in [6.45, 7) is 5.60. The van der Waals surface area contributed by atoms with Gasteiger partial charge in [-0.2, -0.15) is 0 Å². The second kappa shape index (κ2) is 6.13. The van der Waals surface area contributed by atoms with Gasteiger partial charge in [0.25, 0.3) is 5.56 Å². The van der Waals surface area contributed by atoms with Gasteiger partial charge >= 0.3 is 0 Å². The molecule has 21 heavy (non-hydrogen) atoms. The largest absolute Gasteiger partial charge is 0.309 e. The summed E-state index contributed by atoms with van der Waals surface area (Å²) in [4.78, 5) is 21.4. The van der Waals surface area contributed by atoms with Crippen molar-refractivity contribution in [2.45, 2.75) is 25.9 Å². The molecule has 0 aliphatic carbocycles. The van der Waals surface area contributed by atoms with E-state index < -0.39 is 0 Å². The van der Waals surface area contributed by atoms with Crippen molar-refractivity contribution in [3.63, 3.8) is 0 Å². The fourth-order valence-corrected chi connectivity index (χ4v) is 2.06. The lowest BCUT2D eigenvalue weighted by molar-refractivity contribution is 0.189. The summed E-state index contributed by atoms with van der Waals surface area (Å²) in [5.74, 6) is 0.615. The van der Waals surface area contributed by atoms with Crippen LogP contribution in [0.25, 0.3) is 10.9 Å². The first kappa shape index (κ1) is 15.9. The maximum Gasteiger partial charge on any atom is 0.258 e. The van der Waals surface area contributed by atoms with Gasteiger partial charge in [0.05, 0.1) is 17.4 Å². The first-order valence-corrected chi connectivity index (χ1v) is 7.24. The topological polar surface area (TPSA) is 61.0 Å². The third-order valence-electron chi connectivity index (χ3n) is 3.78. The molecule has 0 fully saturated rings. The Morgan fingerprint density at radius 3 is 2.76 bits per heavy atom. The van der Waals surface area contributed by atoms with Crippen molar-refractivity contribution in [3.05, 3.63) is 39.4 Å². The number of hydrogen-bond acceptors (Lipinski definition) is 4. The molecule has 114 valence electrons. The zero-order valence-electron chi connectivity index (χ0n) is 12.8. The van der Waals surface area contributed by atoms with Gasteiger partial charge in [-0.15, -0.1) is 0 Å². The van der Waals surface area contributed by atoms with Crippen LogP contribution in [0.4, 0.5) is 0 Å². The second-order valence-electron chi connectivity index (χ2n) is 5.98. The average Bonchev–Trinajstić information content (AvgIpc) is 2.37. The predicted octanol–water partition coefficient (Wildman–Crippen LogP) is 2.01. The Hall–Kier alpha value is -1.43. The molecule has 1 aromatic carbocycles. The summed E-state index contributed by atoms with van der Waals surface area (Å²) in [6, 6.07) is 5.09. The Balaban J connectivity index is 2.15. The molecule has 0 unspecified atom stereocenters. The fraction of sp³-hybridized carbons (Fsp3) is 0.467. The first-order valence-electron chi connectivity index (χ1n) is 6.86. The normalized spacial score (nSPS) is 12.3. The first-order chi connectivity index (χ1) is 9.79.